The zero-order valence-corrected chi connectivity index (χ0v) is 14.9. The number of nitrogens with zero attached hydrogens (tertiary/aromatic N) is 3. The Balaban J connectivity index is 1.82. The van der Waals surface area contributed by atoms with Crippen molar-refractivity contribution < 1.29 is 13.9 Å². The minimum Gasteiger partial charge on any atom is -0.490 e. The molecular formula is C19H19FN4O3. The van der Waals surface area contributed by atoms with Crippen molar-refractivity contribution in [2.75, 3.05) is 0 Å². The molecule has 0 unspecified atom stereocenters. The number of alkyl halides is 1. The van der Waals surface area contributed by atoms with Crippen molar-refractivity contribution in [2.24, 2.45) is 5.73 Å². The van der Waals surface area contributed by atoms with E-state index in [0.717, 1.165) is 0 Å². The Bertz CT molecular complexity index is 1100. The highest BCUT2D eigenvalue weighted by molar-refractivity contribution is 6.00. The molecule has 2 aromatic heterocycles. The van der Waals surface area contributed by atoms with Gasteiger partial charge in [0.2, 0.25) is 0 Å². The molecule has 1 fully saturated rings. The Kier molecular flexibility index (Phi) is 3.98. The first-order valence-corrected chi connectivity index (χ1v) is 8.70. The van der Waals surface area contributed by atoms with Crippen LogP contribution in [-0.2, 0) is 0 Å². The first-order valence-electron chi connectivity index (χ1n) is 8.70. The summed E-state index contributed by atoms with van der Waals surface area (Å²) in [6.45, 7) is 3.69. The molecule has 0 aliphatic heterocycles. The third kappa shape index (κ3) is 3.07. The number of rotatable bonds is 5. The minimum atomic E-state index is -0.983. The summed E-state index contributed by atoms with van der Waals surface area (Å²) in [5, 5.41) is 5.07. The summed E-state index contributed by atoms with van der Waals surface area (Å²) in [7, 11) is 0. The maximum Gasteiger partial charge on any atom is 0.276 e. The van der Waals surface area contributed by atoms with Crippen molar-refractivity contribution >= 4 is 16.8 Å². The van der Waals surface area contributed by atoms with E-state index in [-0.39, 0.29) is 17.2 Å². The minimum absolute atomic E-state index is 0.142. The molecular weight excluding hydrogens is 351 g/mol. The molecule has 3 aromatic rings. The molecule has 1 aliphatic rings. The van der Waals surface area contributed by atoms with E-state index in [4.69, 9.17) is 10.5 Å². The summed E-state index contributed by atoms with van der Waals surface area (Å²) in [4.78, 5) is 24.5. The Morgan fingerprint density at radius 3 is 2.78 bits per heavy atom. The van der Waals surface area contributed by atoms with Crippen LogP contribution in [-0.4, -0.2) is 32.5 Å². The van der Waals surface area contributed by atoms with E-state index in [0.29, 0.717) is 28.8 Å². The van der Waals surface area contributed by atoms with Gasteiger partial charge in [-0.2, -0.15) is 5.10 Å². The predicted octanol–water partition coefficient (Wildman–Crippen LogP) is 2.36. The molecule has 1 amide bonds. The van der Waals surface area contributed by atoms with Gasteiger partial charge >= 0.3 is 0 Å². The van der Waals surface area contributed by atoms with Gasteiger partial charge in [0.1, 0.15) is 17.6 Å². The number of pyridine rings is 1. The van der Waals surface area contributed by atoms with E-state index >= 15 is 0 Å². The van der Waals surface area contributed by atoms with Crippen LogP contribution in [0.1, 0.15) is 36.7 Å². The number of hydrogen-bond donors (Lipinski definition) is 1. The van der Waals surface area contributed by atoms with Gasteiger partial charge < -0.3 is 15.0 Å². The fraction of sp³-hybridized carbons (Fsp3) is 0.316. The number of amides is 1. The first kappa shape index (κ1) is 17.3. The van der Waals surface area contributed by atoms with Crippen molar-refractivity contribution in [1.29, 1.82) is 0 Å². The third-order valence-corrected chi connectivity index (χ3v) is 4.47. The molecule has 7 nitrogen and oxygen atoms in total. The van der Waals surface area contributed by atoms with Crippen LogP contribution in [0.3, 0.4) is 0 Å². The second-order valence-electron chi connectivity index (χ2n) is 6.94. The van der Waals surface area contributed by atoms with E-state index in [1.807, 2.05) is 13.8 Å². The summed E-state index contributed by atoms with van der Waals surface area (Å²) >= 11 is 0. The van der Waals surface area contributed by atoms with Crippen molar-refractivity contribution in [1.82, 2.24) is 14.3 Å². The maximum absolute atomic E-state index is 13.4. The van der Waals surface area contributed by atoms with Crippen molar-refractivity contribution in [3.63, 3.8) is 0 Å². The van der Waals surface area contributed by atoms with Crippen LogP contribution < -0.4 is 16.0 Å². The Hall–Kier alpha value is -3.16. The van der Waals surface area contributed by atoms with E-state index < -0.39 is 18.1 Å². The summed E-state index contributed by atoms with van der Waals surface area (Å²) in [5.41, 5.74) is 6.26. The maximum atomic E-state index is 13.4. The molecule has 1 aromatic carbocycles. The topological polar surface area (TPSA) is 92.1 Å². The standard InChI is InChI=1S/C19H19FN4O3/c1-10(2)27-17-8-14-11(6-12(17)18(21)25)9-24(22-14)15-4-3-5-23(19(15)26)16-7-13(16)20/h3-6,8-10,13,16H,7H2,1-2H3,(H2,21,25)/t13-,16+/m1/s1. The molecule has 27 heavy (non-hydrogen) atoms. The highest BCUT2D eigenvalue weighted by Crippen LogP contribution is 2.37. The monoisotopic (exact) mass is 370 g/mol. The predicted molar refractivity (Wildman–Crippen MR) is 98.2 cm³/mol. The van der Waals surface area contributed by atoms with Crippen LogP contribution >= 0.6 is 0 Å². The molecule has 2 heterocycles. The molecule has 1 saturated carbocycles. The molecule has 4 rings (SSSR count). The Labute approximate surface area is 154 Å². The third-order valence-electron chi connectivity index (χ3n) is 4.47. The molecule has 2 N–H and O–H groups in total. The van der Waals surface area contributed by atoms with Crippen LogP contribution in [0, 0.1) is 0 Å². The number of nitrogens with two attached hydrogens (primary N) is 1. The zero-order chi connectivity index (χ0) is 19.3. The Morgan fingerprint density at radius 2 is 2.15 bits per heavy atom. The molecule has 0 spiro atoms. The quantitative estimate of drug-likeness (QED) is 0.746. The average Bonchev–Trinajstić information content (AvgIpc) is 3.17. The number of hydrogen-bond acceptors (Lipinski definition) is 4. The lowest BCUT2D eigenvalue weighted by molar-refractivity contribution is 0.0995. The lowest BCUT2D eigenvalue weighted by Gasteiger charge is -2.12. The van der Waals surface area contributed by atoms with Gasteiger partial charge in [0.25, 0.3) is 11.5 Å². The first-order chi connectivity index (χ1) is 12.8. The SMILES string of the molecule is CC(C)Oc1cc2nn(-c3cccn([C@H]4C[C@H]4F)c3=O)cc2cc1C(N)=O. The van der Waals surface area contributed by atoms with Crippen LogP contribution in [0.5, 0.6) is 5.75 Å². The van der Waals surface area contributed by atoms with Gasteiger partial charge in [-0.25, -0.2) is 9.07 Å². The van der Waals surface area contributed by atoms with Crippen molar-refractivity contribution in [3.8, 4) is 11.4 Å². The fourth-order valence-corrected chi connectivity index (χ4v) is 3.09. The average molecular weight is 370 g/mol. The molecule has 0 radical (unpaired) electrons. The van der Waals surface area contributed by atoms with Crippen LogP contribution in [0.15, 0.2) is 41.5 Å². The van der Waals surface area contributed by atoms with Gasteiger partial charge in [-0.1, -0.05) is 0 Å². The molecule has 8 heteroatoms. The van der Waals surface area contributed by atoms with Crippen molar-refractivity contribution in [3.05, 3.63) is 52.6 Å². The van der Waals surface area contributed by atoms with E-state index in [1.165, 1.54) is 9.25 Å². The van der Waals surface area contributed by atoms with E-state index in [2.05, 4.69) is 5.10 Å². The number of primary amides is 1. The van der Waals surface area contributed by atoms with Gasteiger partial charge in [0.15, 0.2) is 0 Å². The van der Waals surface area contributed by atoms with Gasteiger partial charge in [-0.15, -0.1) is 0 Å². The largest absolute Gasteiger partial charge is 0.490 e. The normalized spacial score (nSPS) is 18.8. The molecule has 2 atom stereocenters. The number of carbonyl (C=O) groups excluding carboxylic acids is 1. The lowest BCUT2D eigenvalue weighted by atomic mass is 10.1. The summed E-state index contributed by atoms with van der Waals surface area (Å²) in [5.74, 6) is -0.260. The van der Waals surface area contributed by atoms with Crippen LogP contribution in [0.2, 0.25) is 0 Å². The van der Waals surface area contributed by atoms with Gasteiger partial charge in [0.05, 0.1) is 23.2 Å². The van der Waals surface area contributed by atoms with Crippen molar-refractivity contribution in [2.45, 2.75) is 38.6 Å². The molecule has 1 aliphatic carbocycles. The summed E-state index contributed by atoms with van der Waals surface area (Å²) < 4.78 is 21.9. The fourth-order valence-electron chi connectivity index (χ4n) is 3.09. The highest BCUT2D eigenvalue weighted by atomic mass is 19.1. The number of aromatic nitrogens is 3. The number of carbonyl (C=O) groups is 1. The second kappa shape index (κ2) is 6.22. The number of ether oxygens (including phenoxy) is 1. The smallest absolute Gasteiger partial charge is 0.276 e. The van der Waals surface area contributed by atoms with E-state index in [1.54, 1.807) is 36.7 Å². The molecule has 0 bridgehead atoms. The zero-order valence-electron chi connectivity index (χ0n) is 14.9. The van der Waals surface area contributed by atoms with Crippen LogP contribution in [0.4, 0.5) is 4.39 Å². The number of fused-ring (bicyclic) bond motifs is 1. The van der Waals surface area contributed by atoms with Gasteiger partial charge in [0, 0.05) is 30.3 Å². The van der Waals surface area contributed by atoms with Gasteiger partial charge in [-0.3, -0.25) is 9.59 Å². The molecule has 140 valence electrons. The van der Waals surface area contributed by atoms with E-state index in [9.17, 15) is 14.0 Å². The second-order valence-corrected chi connectivity index (χ2v) is 6.94. The number of halogens is 1. The molecule has 0 saturated heterocycles. The lowest BCUT2D eigenvalue weighted by Crippen LogP contribution is -2.23. The summed E-state index contributed by atoms with van der Waals surface area (Å²) in [6.07, 6.45) is 2.45. The van der Waals surface area contributed by atoms with Gasteiger partial charge in [-0.05, 0) is 32.0 Å². The number of benzene rings is 1. The Morgan fingerprint density at radius 1 is 1.41 bits per heavy atom. The van der Waals surface area contributed by atoms with Crippen LogP contribution in [0.25, 0.3) is 16.6 Å². The summed E-state index contributed by atoms with van der Waals surface area (Å²) in [6, 6.07) is 6.14. The highest BCUT2D eigenvalue weighted by Gasteiger charge is 2.40.